The molecule has 1 aliphatic heterocycles. The van der Waals surface area contributed by atoms with Crippen LogP contribution in [0.1, 0.15) is 12.8 Å². The minimum absolute atomic E-state index is 0.143. The molecule has 0 radical (unpaired) electrons. The second-order valence-electron chi connectivity index (χ2n) is 4.82. The van der Waals surface area contributed by atoms with Crippen LogP contribution >= 0.6 is 0 Å². The third kappa shape index (κ3) is 3.96. The molecule has 1 amide bonds. The topological polar surface area (TPSA) is 29.5 Å². The van der Waals surface area contributed by atoms with Crippen LogP contribution in [0.3, 0.4) is 0 Å². The number of hydrogen-bond acceptors (Lipinski definition) is 2. The SMILES string of the molecule is C[N+](C)(C)CCOC(=O)N1CCCC1. The van der Waals surface area contributed by atoms with Gasteiger partial charge in [0, 0.05) is 13.1 Å². The molecule has 1 fully saturated rings. The summed E-state index contributed by atoms with van der Waals surface area (Å²) in [4.78, 5) is 13.2. The van der Waals surface area contributed by atoms with Gasteiger partial charge in [0.25, 0.3) is 0 Å². The van der Waals surface area contributed by atoms with Crippen molar-refractivity contribution >= 4 is 6.09 Å². The van der Waals surface area contributed by atoms with Gasteiger partial charge in [-0.15, -0.1) is 0 Å². The Balaban J connectivity index is 2.15. The molecule has 4 nitrogen and oxygen atoms in total. The first-order chi connectivity index (χ1) is 6.49. The van der Waals surface area contributed by atoms with Gasteiger partial charge >= 0.3 is 6.09 Å². The lowest BCUT2D eigenvalue weighted by Gasteiger charge is -2.24. The average Bonchev–Trinajstić information content (AvgIpc) is 2.53. The molecule has 1 rings (SSSR count). The summed E-state index contributed by atoms with van der Waals surface area (Å²) < 4.78 is 6.00. The van der Waals surface area contributed by atoms with E-state index in [4.69, 9.17) is 4.74 Å². The molecule has 82 valence electrons. The normalized spacial score (nSPS) is 17.2. The van der Waals surface area contributed by atoms with E-state index in [1.54, 1.807) is 4.90 Å². The number of nitrogens with zero attached hydrogens (tertiary/aromatic N) is 2. The first kappa shape index (κ1) is 11.3. The monoisotopic (exact) mass is 201 g/mol. The fraction of sp³-hybridized carbons (Fsp3) is 0.900. The zero-order valence-electron chi connectivity index (χ0n) is 9.45. The van der Waals surface area contributed by atoms with Gasteiger partial charge in [-0.1, -0.05) is 0 Å². The molecule has 1 saturated heterocycles. The number of hydrogen-bond donors (Lipinski definition) is 0. The number of likely N-dealkylation sites (N-methyl/N-ethyl adjacent to an activating group) is 1. The van der Waals surface area contributed by atoms with Crippen molar-refractivity contribution in [3.05, 3.63) is 0 Å². The van der Waals surface area contributed by atoms with E-state index in [0.29, 0.717) is 6.61 Å². The molecule has 4 heteroatoms. The van der Waals surface area contributed by atoms with Crippen LogP contribution in [0, 0.1) is 0 Å². The summed E-state index contributed by atoms with van der Waals surface area (Å²) in [6.45, 7) is 3.10. The van der Waals surface area contributed by atoms with Crippen molar-refractivity contribution in [2.24, 2.45) is 0 Å². The molecular weight excluding hydrogens is 180 g/mol. The van der Waals surface area contributed by atoms with E-state index < -0.39 is 0 Å². The van der Waals surface area contributed by atoms with Crippen molar-refractivity contribution in [2.75, 3.05) is 47.4 Å². The lowest BCUT2D eigenvalue weighted by molar-refractivity contribution is -0.870. The lowest BCUT2D eigenvalue weighted by atomic mass is 10.4. The second-order valence-corrected chi connectivity index (χ2v) is 4.82. The molecule has 0 aromatic carbocycles. The van der Waals surface area contributed by atoms with E-state index >= 15 is 0 Å². The number of rotatable bonds is 3. The van der Waals surface area contributed by atoms with Gasteiger partial charge in [-0.05, 0) is 12.8 Å². The van der Waals surface area contributed by atoms with Crippen LogP contribution in [0.15, 0.2) is 0 Å². The molecule has 0 unspecified atom stereocenters. The summed E-state index contributed by atoms with van der Waals surface area (Å²) in [6, 6.07) is 0. The maximum absolute atomic E-state index is 11.4. The Morgan fingerprint density at radius 1 is 1.29 bits per heavy atom. The standard InChI is InChI=1S/C10H21N2O2/c1-12(2,3)8-9-14-10(13)11-6-4-5-7-11/h4-9H2,1-3H3/q+1. The molecule has 0 bridgehead atoms. The molecule has 1 heterocycles. The zero-order valence-corrected chi connectivity index (χ0v) is 9.45. The highest BCUT2D eigenvalue weighted by atomic mass is 16.6. The Morgan fingerprint density at radius 3 is 2.36 bits per heavy atom. The quantitative estimate of drug-likeness (QED) is 0.636. The van der Waals surface area contributed by atoms with E-state index in [1.165, 1.54) is 0 Å². The predicted molar refractivity (Wildman–Crippen MR) is 55.1 cm³/mol. The van der Waals surface area contributed by atoms with E-state index in [-0.39, 0.29) is 6.09 Å². The van der Waals surface area contributed by atoms with Gasteiger partial charge in [0.2, 0.25) is 0 Å². The van der Waals surface area contributed by atoms with Crippen molar-refractivity contribution in [1.29, 1.82) is 0 Å². The first-order valence-electron chi connectivity index (χ1n) is 5.21. The summed E-state index contributed by atoms with van der Waals surface area (Å²) >= 11 is 0. The molecule has 1 aliphatic rings. The summed E-state index contributed by atoms with van der Waals surface area (Å²) in [5.74, 6) is 0. The van der Waals surface area contributed by atoms with Crippen molar-refractivity contribution < 1.29 is 14.0 Å². The molecule has 0 saturated carbocycles. The van der Waals surface area contributed by atoms with Gasteiger partial charge in [0.1, 0.15) is 13.2 Å². The molecule has 0 spiro atoms. The average molecular weight is 201 g/mol. The van der Waals surface area contributed by atoms with Crippen molar-refractivity contribution in [1.82, 2.24) is 4.90 Å². The van der Waals surface area contributed by atoms with E-state index in [2.05, 4.69) is 21.1 Å². The smallest absolute Gasteiger partial charge is 0.409 e. The van der Waals surface area contributed by atoms with Crippen LogP contribution in [0.4, 0.5) is 4.79 Å². The van der Waals surface area contributed by atoms with Gasteiger partial charge in [-0.25, -0.2) is 4.79 Å². The molecule has 14 heavy (non-hydrogen) atoms. The number of carbonyl (C=O) groups excluding carboxylic acids is 1. The molecule has 0 aromatic heterocycles. The van der Waals surface area contributed by atoms with Crippen LogP contribution < -0.4 is 0 Å². The van der Waals surface area contributed by atoms with Crippen LogP contribution in [0.5, 0.6) is 0 Å². The third-order valence-electron chi connectivity index (χ3n) is 2.35. The fourth-order valence-electron chi connectivity index (χ4n) is 1.40. The lowest BCUT2D eigenvalue weighted by Crippen LogP contribution is -2.39. The van der Waals surface area contributed by atoms with Gasteiger partial charge in [-0.2, -0.15) is 0 Å². The Kier molecular flexibility index (Phi) is 3.75. The largest absolute Gasteiger partial charge is 0.443 e. The maximum atomic E-state index is 11.4. The van der Waals surface area contributed by atoms with Crippen LogP contribution in [-0.2, 0) is 4.74 Å². The van der Waals surface area contributed by atoms with Gasteiger partial charge < -0.3 is 14.1 Å². The Morgan fingerprint density at radius 2 is 1.86 bits per heavy atom. The summed E-state index contributed by atoms with van der Waals surface area (Å²) in [5.41, 5.74) is 0. The summed E-state index contributed by atoms with van der Waals surface area (Å²) in [5, 5.41) is 0. The summed E-state index contributed by atoms with van der Waals surface area (Å²) in [7, 11) is 6.26. The van der Waals surface area contributed by atoms with E-state index in [9.17, 15) is 4.79 Å². The number of ether oxygens (including phenoxy) is 1. The number of amides is 1. The van der Waals surface area contributed by atoms with E-state index in [0.717, 1.165) is 37.0 Å². The van der Waals surface area contributed by atoms with Crippen molar-refractivity contribution in [3.63, 3.8) is 0 Å². The highest BCUT2D eigenvalue weighted by molar-refractivity contribution is 5.67. The summed E-state index contributed by atoms with van der Waals surface area (Å²) in [6.07, 6.45) is 2.09. The molecule has 0 atom stereocenters. The maximum Gasteiger partial charge on any atom is 0.409 e. The van der Waals surface area contributed by atoms with Crippen LogP contribution in [0.2, 0.25) is 0 Å². The highest BCUT2D eigenvalue weighted by Crippen LogP contribution is 2.08. The van der Waals surface area contributed by atoms with Crippen LogP contribution in [-0.4, -0.2) is 62.9 Å². The zero-order chi connectivity index (χ0) is 10.6. The third-order valence-corrected chi connectivity index (χ3v) is 2.35. The number of carbonyl (C=O) groups is 1. The second kappa shape index (κ2) is 4.64. The predicted octanol–water partition coefficient (Wildman–Crippen LogP) is 0.925. The Bertz CT molecular complexity index is 193. The number of likely N-dealkylation sites (tertiary alicyclic amines) is 1. The molecule has 0 N–H and O–H groups in total. The highest BCUT2D eigenvalue weighted by Gasteiger charge is 2.19. The fourth-order valence-corrected chi connectivity index (χ4v) is 1.40. The Labute approximate surface area is 86.0 Å². The molecular formula is C10H21N2O2+. The minimum Gasteiger partial charge on any atom is -0.443 e. The van der Waals surface area contributed by atoms with Gasteiger partial charge in [0.05, 0.1) is 21.1 Å². The van der Waals surface area contributed by atoms with Gasteiger partial charge in [-0.3, -0.25) is 0 Å². The molecule has 0 aliphatic carbocycles. The first-order valence-corrected chi connectivity index (χ1v) is 5.21. The van der Waals surface area contributed by atoms with Crippen LogP contribution in [0.25, 0.3) is 0 Å². The van der Waals surface area contributed by atoms with Gasteiger partial charge in [0.15, 0.2) is 0 Å². The number of quaternary nitrogens is 1. The van der Waals surface area contributed by atoms with Crippen molar-refractivity contribution in [2.45, 2.75) is 12.8 Å². The molecule has 0 aromatic rings. The van der Waals surface area contributed by atoms with E-state index in [1.807, 2.05) is 0 Å². The van der Waals surface area contributed by atoms with Crippen molar-refractivity contribution in [3.8, 4) is 0 Å². The Hall–Kier alpha value is -0.770. The minimum atomic E-state index is -0.143.